The van der Waals surface area contributed by atoms with Crippen molar-refractivity contribution in [2.75, 3.05) is 23.9 Å². The van der Waals surface area contributed by atoms with E-state index in [4.69, 9.17) is 0 Å². The van der Waals surface area contributed by atoms with E-state index in [0.717, 1.165) is 0 Å². The predicted octanol–water partition coefficient (Wildman–Crippen LogP) is 0.904. The van der Waals surface area contributed by atoms with Crippen molar-refractivity contribution in [2.24, 2.45) is 0 Å². The third-order valence-corrected chi connectivity index (χ3v) is 5.28. The first-order valence-electron chi connectivity index (χ1n) is 6.64. The molecule has 1 aliphatic rings. The largest absolute Gasteiger partial charge is 0.338 e. The third-order valence-electron chi connectivity index (χ3n) is 3.53. The number of amides is 2. The molecule has 21 heavy (non-hydrogen) atoms. The maximum Gasteiger partial charge on any atom is 0.253 e. The number of carbonyl (C=O) groups is 2. The Morgan fingerprint density at radius 2 is 1.86 bits per heavy atom. The second-order valence-corrected chi connectivity index (χ2v) is 7.46. The van der Waals surface area contributed by atoms with Gasteiger partial charge in [0.1, 0.15) is 0 Å². The molecule has 0 unspecified atom stereocenters. The van der Waals surface area contributed by atoms with Crippen LogP contribution in [-0.4, -0.2) is 49.7 Å². The highest BCUT2D eigenvalue weighted by Gasteiger charge is 2.32. The van der Waals surface area contributed by atoms with Crippen molar-refractivity contribution in [3.63, 3.8) is 0 Å². The lowest BCUT2D eigenvalue weighted by atomic mass is 10.1. The monoisotopic (exact) mass is 310 g/mol. The van der Waals surface area contributed by atoms with Crippen molar-refractivity contribution >= 4 is 27.3 Å². The highest BCUT2D eigenvalue weighted by Crippen LogP contribution is 2.19. The number of benzene rings is 1. The number of hydrogen-bond donors (Lipinski definition) is 1. The van der Waals surface area contributed by atoms with E-state index in [1.807, 2.05) is 0 Å². The van der Waals surface area contributed by atoms with Crippen molar-refractivity contribution in [1.82, 2.24) is 4.90 Å². The zero-order valence-corrected chi connectivity index (χ0v) is 12.8. The summed E-state index contributed by atoms with van der Waals surface area (Å²) < 4.78 is 22.9. The van der Waals surface area contributed by atoms with E-state index < -0.39 is 9.84 Å². The number of anilines is 1. The topological polar surface area (TPSA) is 83.6 Å². The lowest BCUT2D eigenvalue weighted by Crippen LogP contribution is -2.37. The molecule has 1 fully saturated rings. The van der Waals surface area contributed by atoms with Gasteiger partial charge in [-0.3, -0.25) is 9.59 Å². The number of hydrogen-bond acceptors (Lipinski definition) is 4. The Labute approximate surface area is 124 Å². The van der Waals surface area contributed by atoms with Gasteiger partial charge in [0.2, 0.25) is 5.91 Å². The van der Waals surface area contributed by atoms with Crippen LogP contribution in [0.1, 0.15) is 23.7 Å². The van der Waals surface area contributed by atoms with Crippen LogP contribution in [0.25, 0.3) is 0 Å². The minimum atomic E-state index is -3.02. The van der Waals surface area contributed by atoms with Crippen LogP contribution in [0.15, 0.2) is 24.3 Å². The summed E-state index contributed by atoms with van der Waals surface area (Å²) in [7, 11) is -1.40. The van der Waals surface area contributed by atoms with Crippen LogP contribution in [0.2, 0.25) is 0 Å². The minimum Gasteiger partial charge on any atom is -0.338 e. The number of rotatable bonds is 3. The zero-order chi connectivity index (χ0) is 15.6. The first kappa shape index (κ1) is 15.5. The molecule has 2 rings (SSSR count). The van der Waals surface area contributed by atoms with E-state index >= 15 is 0 Å². The lowest BCUT2D eigenvalue weighted by molar-refractivity contribution is -0.114. The Morgan fingerprint density at radius 3 is 2.33 bits per heavy atom. The average Bonchev–Trinajstić information content (AvgIpc) is 2.77. The van der Waals surface area contributed by atoms with Crippen molar-refractivity contribution in [2.45, 2.75) is 19.4 Å². The van der Waals surface area contributed by atoms with Gasteiger partial charge in [0.25, 0.3) is 5.91 Å². The molecule has 1 aromatic carbocycles. The normalized spacial score (nSPS) is 20.0. The summed E-state index contributed by atoms with van der Waals surface area (Å²) in [6.45, 7) is 1.41. The summed E-state index contributed by atoms with van der Waals surface area (Å²) >= 11 is 0. The Bertz CT molecular complexity index is 652. The van der Waals surface area contributed by atoms with Gasteiger partial charge < -0.3 is 10.2 Å². The quantitative estimate of drug-likeness (QED) is 0.899. The van der Waals surface area contributed by atoms with E-state index in [0.29, 0.717) is 17.7 Å². The number of nitrogens with zero attached hydrogens (tertiary/aromatic N) is 1. The fourth-order valence-corrected chi connectivity index (χ4v) is 4.12. The Hall–Kier alpha value is -1.89. The van der Waals surface area contributed by atoms with Gasteiger partial charge in [-0.15, -0.1) is 0 Å². The van der Waals surface area contributed by atoms with Crippen molar-refractivity contribution in [3.8, 4) is 0 Å². The molecule has 2 amide bonds. The van der Waals surface area contributed by atoms with Crippen molar-refractivity contribution in [3.05, 3.63) is 29.8 Å². The molecular formula is C14H18N2O4S. The summed E-state index contributed by atoms with van der Waals surface area (Å²) in [6.07, 6.45) is 0.481. The molecule has 114 valence electrons. The molecule has 1 aromatic rings. The molecule has 0 aromatic heterocycles. The molecule has 1 aliphatic heterocycles. The van der Waals surface area contributed by atoms with E-state index in [1.54, 1.807) is 31.3 Å². The molecule has 1 saturated heterocycles. The standard InChI is InChI=1S/C14H18N2O4S/c1-10(17)15-12-5-3-11(4-6-12)14(18)16(2)13-7-8-21(19,20)9-13/h3-6,13H,7-9H2,1-2H3,(H,15,17)/t13-/m1/s1. The first-order chi connectivity index (χ1) is 9.78. The van der Waals surface area contributed by atoms with Gasteiger partial charge in [-0.1, -0.05) is 0 Å². The Kier molecular flexibility index (Phi) is 4.32. The molecule has 0 radical (unpaired) electrons. The van der Waals surface area contributed by atoms with Crippen molar-refractivity contribution in [1.29, 1.82) is 0 Å². The molecule has 0 saturated carbocycles. The van der Waals surface area contributed by atoms with Crippen LogP contribution in [0.3, 0.4) is 0 Å². The van der Waals surface area contributed by atoms with Crippen LogP contribution >= 0.6 is 0 Å². The summed E-state index contributed by atoms with van der Waals surface area (Å²) in [5.41, 5.74) is 1.08. The second-order valence-electron chi connectivity index (χ2n) is 5.23. The molecule has 0 spiro atoms. The van der Waals surface area contributed by atoms with Crippen LogP contribution < -0.4 is 5.32 Å². The van der Waals surface area contributed by atoms with Gasteiger partial charge in [0.15, 0.2) is 9.84 Å². The van der Waals surface area contributed by atoms with Crippen molar-refractivity contribution < 1.29 is 18.0 Å². The minimum absolute atomic E-state index is 0.0270. The average molecular weight is 310 g/mol. The SMILES string of the molecule is CC(=O)Nc1ccc(C(=O)N(C)[C@@H]2CCS(=O)(=O)C2)cc1. The maximum atomic E-state index is 12.3. The summed E-state index contributed by atoms with van der Waals surface area (Å²) in [5.74, 6) is -0.232. The van der Waals surface area contributed by atoms with Crippen LogP contribution in [0.5, 0.6) is 0 Å². The molecule has 6 nitrogen and oxygen atoms in total. The first-order valence-corrected chi connectivity index (χ1v) is 8.46. The molecule has 1 N–H and O–H groups in total. The zero-order valence-electron chi connectivity index (χ0n) is 12.0. The summed E-state index contributed by atoms with van der Waals surface area (Å²) in [5, 5.41) is 2.62. The Balaban J connectivity index is 2.07. The molecule has 7 heteroatoms. The molecule has 1 heterocycles. The highest BCUT2D eigenvalue weighted by atomic mass is 32.2. The molecule has 0 bridgehead atoms. The second kappa shape index (κ2) is 5.85. The fraction of sp³-hybridized carbons (Fsp3) is 0.429. The fourth-order valence-electron chi connectivity index (χ4n) is 2.35. The molecular weight excluding hydrogens is 292 g/mol. The summed E-state index contributed by atoms with van der Waals surface area (Å²) in [6, 6.07) is 6.26. The molecule has 0 aliphatic carbocycles. The van der Waals surface area contributed by atoms with Gasteiger partial charge in [0, 0.05) is 31.3 Å². The lowest BCUT2D eigenvalue weighted by Gasteiger charge is -2.23. The maximum absolute atomic E-state index is 12.3. The Morgan fingerprint density at radius 1 is 1.24 bits per heavy atom. The van der Waals surface area contributed by atoms with Crippen LogP contribution in [0, 0.1) is 0 Å². The van der Waals surface area contributed by atoms with E-state index in [-0.39, 0.29) is 29.4 Å². The highest BCUT2D eigenvalue weighted by molar-refractivity contribution is 7.91. The van der Waals surface area contributed by atoms with E-state index in [2.05, 4.69) is 5.32 Å². The van der Waals surface area contributed by atoms with Gasteiger partial charge in [-0.2, -0.15) is 0 Å². The number of nitrogens with one attached hydrogen (secondary N) is 1. The van der Waals surface area contributed by atoms with Crippen LogP contribution in [0.4, 0.5) is 5.69 Å². The molecule has 1 atom stereocenters. The third kappa shape index (κ3) is 3.81. The smallest absolute Gasteiger partial charge is 0.253 e. The van der Waals surface area contributed by atoms with Gasteiger partial charge >= 0.3 is 0 Å². The predicted molar refractivity (Wildman–Crippen MR) is 79.9 cm³/mol. The van der Waals surface area contributed by atoms with Gasteiger partial charge in [0.05, 0.1) is 11.5 Å². The van der Waals surface area contributed by atoms with E-state index in [1.165, 1.54) is 11.8 Å². The van der Waals surface area contributed by atoms with Gasteiger partial charge in [-0.05, 0) is 30.7 Å². The number of sulfone groups is 1. The summed E-state index contributed by atoms with van der Waals surface area (Å²) in [4.78, 5) is 24.7. The van der Waals surface area contributed by atoms with Gasteiger partial charge in [-0.25, -0.2) is 8.42 Å². The number of carbonyl (C=O) groups excluding carboxylic acids is 2. The van der Waals surface area contributed by atoms with E-state index in [9.17, 15) is 18.0 Å². The van der Waals surface area contributed by atoms with Crippen LogP contribution in [-0.2, 0) is 14.6 Å².